The lowest BCUT2D eigenvalue weighted by molar-refractivity contribution is -0.117. The van der Waals surface area contributed by atoms with Crippen LogP contribution in [0, 0.1) is 5.92 Å². The molecule has 5 heteroatoms. The number of aromatic nitrogens is 3. The van der Waals surface area contributed by atoms with Crippen LogP contribution in [0.2, 0.25) is 0 Å². The van der Waals surface area contributed by atoms with Crippen LogP contribution in [0.4, 0.5) is 5.82 Å². The maximum absolute atomic E-state index is 12.4. The summed E-state index contributed by atoms with van der Waals surface area (Å²) < 4.78 is 0. The van der Waals surface area contributed by atoms with Crippen molar-refractivity contribution in [1.82, 2.24) is 15.0 Å². The predicted octanol–water partition coefficient (Wildman–Crippen LogP) is 3.54. The molecular formula is C19H24N4O. The monoisotopic (exact) mass is 324 g/mol. The van der Waals surface area contributed by atoms with Gasteiger partial charge in [0.1, 0.15) is 12.1 Å². The number of nitrogens with zero attached hydrogens (tertiary/aromatic N) is 4. The molecule has 2 atom stereocenters. The Morgan fingerprint density at radius 2 is 1.96 bits per heavy atom. The van der Waals surface area contributed by atoms with E-state index < -0.39 is 0 Å². The molecule has 0 aromatic carbocycles. The molecule has 0 radical (unpaired) electrons. The second-order valence-corrected chi connectivity index (χ2v) is 6.96. The molecule has 2 aromatic rings. The standard InChI is InChI=1S/C19H24N4O/c1-13(2)17-5-4-6-18(22-17)23-11-15(8-19(23)24)7-14(3)16-9-20-12-21-10-16/h4-6,9-10,12-15H,7-8,11H2,1-3H3/t14-,15?/m1/s1. The number of pyridine rings is 1. The summed E-state index contributed by atoms with van der Waals surface area (Å²) in [6.07, 6.45) is 6.81. The van der Waals surface area contributed by atoms with Crippen molar-refractivity contribution in [3.8, 4) is 0 Å². The molecule has 0 bridgehead atoms. The molecular weight excluding hydrogens is 300 g/mol. The lowest BCUT2D eigenvalue weighted by Gasteiger charge is -2.19. The highest BCUT2D eigenvalue weighted by Crippen LogP contribution is 2.31. The molecule has 1 fully saturated rings. The van der Waals surface area contributed by atoms with Crippen LogP contribution in [0.15, 0.2) is 36.9 Å². The molecule has 24 heavy (non-hydrogen) atoms. The Labute approximate surface area is 143 Å². The topological polar surface area (TPSA) is 59.0 Å². The van der Waals surface area contributed by atoms with Gasteiger partial charge in [-0.05, 0) is 41.9 Å². The Bertz CT molecular complexity index is 702. The highest BCUT2D eigenvalue weighted by atomic mass is 16.2. The van der Waals surface area contributed by atoms with Crippen molar-refractivity contribution in [3.05, 3.63) is 48.2 Å². The summed E-state index contributed by atoms with van der Waals surface area (Å²) in [6.45, 7) is 7.14. The van der Waals surface area contributed by atoms with Crippen molar-refractivity contribution in [2.45, 2.75) is 45.4 Å². The molecule has 2 aromatic heterocycles. The van der Waals surface area contributed by atoms with Crippen LogP contribution in [0.5, 0.6) is 0 Å². The first-order chi connectivity index (χ1) is 11.5. The molecule has 1 amide bonds. The lowest BCUT2D eigenvalue weighted by Crippen LogP contribution is -2.26. The van der Waals surface area contributed by atoms with Gasteiger partial charge in [-0.15, -0.1) is 0 Å². The molecule has 1 unspecified atom stereocenters. The third kappa shape index (κ3) is 3.61. The Morgan fingerprint density at radius 3 is 2.67 bits per heavy atom. The van der Waals surface area contributed by atoms with E-state index in [0.717, 1.165) is 30.0 Å². The summed E-state index contributed by atoms with van der Waals surface area (Å²) in [4.78, 5) is 27.1. The lowest BCUT2D eigenvalue weighted by atomic mass is 9.91. The van der Waals surface area contributed by atoms with Crippen molar-refractivity contribution in [2.75, 3.05) is 11.4 Å². The average Bonchev–Trinajstić information content (AvgIpc) is 2.96. The number of carbonyl (C=O) groups is 1. The minimum absolute atomic E-state index is 0.171. The van der Waals surface area contributed by atoms with Gasteiger partial charge in [0, 0.05) is 31.1 Å². The minimum Gasteiger partial charge on any atom is -0.297 e. The van der Waals surface area contributed by atoms with Gasteiger partial charge in [-0.1, -0.05) is 26.8 Å². The first-order valence-corrected chi connectivity index (χ1v) is 8.56. The van der Waals surface area contributed by atoms with Crippen LogP contribution in [0.25, 0.3) is 0 Å². The molecule has 126 valence electrons. The second-order valence-electron chi connectivity index (χ2n) is 6.96. The van der Waals surface area contributed by atoms with Crippen LogP contribution < -0.4 is 4.90 Å². The third-order valence-electron chi connectivity index (χ3n) is 4.67. The summed E-state index contributed by atoms with van der Waals surface area (Å²) in [5, 5.41) is 0. The molecule has 1 aliphatic heterocycles. The Balaban J connectivity index is 1.69. The normalized spacial score (nSPS) is 19.1. The number of rotatable bonds is 5. The van der Waals surface area contributed by atoms with Crippen molar-refractivity contribution in [3.63, 3.8) is 0 Å². The highest BCUT2D eigenvalue weighted by Gasteiger charge is 2.32. The van der Waals surface area contributed by atoms with Gasteiger partial charge >= 0.3 is 0 Å². The number of hydrogen-bond acceptors (Lipinski definition) is 4. The molecule has 0 spiro atoms. The van der Waals surface area contributed by atoms with Crippen molar-refractivity contribution in [2.24, 2.45) is 5.92 Å². The number of amides is 1. The van der Waals surface area contributed by atoms with Crippen LogP contribution in [-0.2, 0) is 4.79 Å². The molecule has 1 aliphatic rings. The highest BCUT2D eigenvalue weighted by molar-refractivity contribution is 5.94. The SMILES string of the molecule is CC(C)c1cccc(N2CC(C[C@@H](C)c3cncnc3)CC2=O)n1. The zero-order valence-corrected chi connectivity index (χ0v) is 14.5. The van der Waals surface area contributed by atoms with Gasteiger partial charge in [-0.2, -0.15) is 0 Å². The maximum Gasteiger partial charge on any atom is 0.228 e. The summed E-state index contributed by atoms with van der Waals surface area (Å²) >= 11 is 0. The van der Waals surface area contributed by atoms with Crippen LogP contribution >= 0.6 is 0 Å². The van der Waals surface area contributed by atoms with Crippen LogP contribution in [0.3, 0.4) is 0 Å². The first kappa shape index (κ1) is 16.6. The molecule has 0 N–H and O–H groups in total. The third-order valence-corrected chi connectivity index (χ3v) is 4.67. The largest absolute Gasteiger partial charge is 0.297 e. The number of anilines is 1. The zero-order chi connectivity index (χ0) is 17.1. The van der Waals surface area contributed by atoms with E-state index in [1.807, 2.05) is 35.5 Å². The van der Waals surface area contributed by atoms with Crippen LogP contribution in [-0.4, -0.2) is 27.4 Å². The van der Waals surface area contributed by atoms with E-state index in [-0.39, 0.29) is 5.91 Å². The van der Waals surface area contributed by atoms with E-state index >= 15 is 0 Å². The second kappa shape index (κ2) is 7.07. The van der Waals surface area contributed by atoms with E-state index in [2.05, 4.69) is 35.7 Å². The molecule has 3 rings (SSSR count). The van der Waals surface area contributed by atoms with Crippen molar-refractivity contribution < 1.29 is 4.79 Å². The molecule has 0 aliphatic carbocycles. The van der Waals surface area contributed by atoms with Gasteiger partial charge in [-0.3, -0.25) is 9.69 Å². The van der Waals surface area contributed by atoms with Crippen molar-refractivity contribution in [1.29, 1.82) is 0 Å². The summed E-state index contributed by atoms with van der Waals surface area (Å²) in [6, 6.07) is 5.94. The fourth-order valence-corrected chi connectivity index (χ4v) is 3.27. The number of hydrogen-bond donors (Lipinski definition) is 0. The molecule has 3 heterocycles. The van der Waals surface area contributed by atoms with E-state index in [1.165, 1.54) is 0 Å². The summed E-state index contributed by atoms with van der Waals surface area (Å²) in [7, 11) is 0. The number of carbonyl (C=O) groups excluding carboxylic acids is 1. The van der Waals surface area contributed by atoms with Gasteiger partial charge in [0.2, 0.25) is 5.91 Å². The van der Waals surface area contributed by atoms with Gasteiger partial charge in [-0.25, -0.2) is 15.0 Å². The van der Waals surface area contributed by atoms with Gasteiger partial charge in [0.05, 0.1) is 0 Å². The maximum atomic E-state index is 12.4. The summed E-state index contributed by atoms with van der Waals surface area (Å²) in [5.41, 5.74) is 2.15. The molecule has 5 nitrogen and oxygen atoms in total. The zero-order valence-electron chi connectivity index (χ0n) is 14.5. The van der Waals surface area contributed by atoms with Gasteiger partial charge < -0.3 is 0 Å². The minimum atomic E-state index is 0.171. The average molecular weight is 324 g/mol. The fraction of sp³-hybridized carbons (Fsp3) is 0.474. The predicted molar refractivity (Wildman–Crippen MR) is 93.9 cm³/mol. The van der Waals surface area contributed by atoms with Gasteiger partial charge in [0.25, 0.3) is 0 Å². The Morgan fingerprint density at radius 1 is 1.21 bits per heavy atom. The molecule has 1 saturated heterocycles. The van der Waals surface area contributed by atoms with E-state index in [1.54, 1.807) is 6.33 Å². The van der Waals surface area contributed by atoms with Crippen LogP contribution in [0.1, 0.15) is 56.7 Å². The quantitative estimate of drug-likeness (QED) is 0.844. The van der Waals surface area contributed by atoms with E-state index in [0.29, 0.717) is 24.2 Å². The van der Waals surface area contributed by atoms with Crippen molar-refractivity contribution >= 4 is 11.7 Å². The smallest absolute Gasteiger partial charge is 0.228 e. The fourth-order valence-electron chi connectivity index (χ4n) is 3.27. The van der Waals surface area contributed by atoms with Gasteiger partial charge in [0.15, 0.2) is 0 Å². The summed E-state index contributed by atoms with van der Waals surface area (Å²) in [5.74, 6) is 2.00. The van der Waals surface area contributed by atoms with E-state index in [9.17, 15) is 4.79 Å². The van der Waals surface area contributed by atoms with E-state index in [4.69, 9.17) is 0 Å². The molecule has 0 saturated carbocycles. The Hall–Kier alpha value is -2.30. The first-order valence-electron chi connectivity index (χ1n) is 8.56. The Kier molecular flexibility index (Phi) is 4.88.